The second-order valence-electron chi connectivity index (χ2n) is 22.1. The minimum absolute atomic E-state index is 0.0105. The molecule has 416 valence electrons. The lowest BCUT2D eigenvalue weighted by Gasteiger charge is -2.22. The van der Waals surface area contributed by atoms with Crippen molar-refractivity contribution in [1.82, 2.24) is 5.32 Å². The highest BCUT2D eigenvalue weighted by molar-refractivity contribution is 5.76. The molecular formula is C64H125NO5. The first-order valence-corrected chi connectivity index (χ1v) is 31.9. The number of hydrogen-bond acceptors (Lipinski definition) is 5. The highest BCUT2D eigenvalue weighted by atomic mass is 16.5. The Morgan fingerprint density at radius 2 is 0.671 bits per heavy atom. The molecule has 0 aliphatic rings. The van der Waals surface area contributed by atoms with Crippen LogP contribution in [-0.2, 0) is 14.3 Å². The molecule has 0 fully saturated rings. The van der Waals surface area contributed by atoms with E-state index in [2.05, 4.69) is 31.3 Å². The first kappa shape index (κ1) is 68.6. The number of aliphatic hydroxyl groups is 2. The van der Waals surface area contributed by atoms with Crippen molar-refractivity contribution >= 4 is 11.9 Å². The number of rotatable bonds is 60. The summed E-state index contributed by atoms with van der Waals surface area (Å²) in [4.78, 5) is 24.5. The van der Waals surface area contributed by atoms with Gasteiger partial charge >= 0.3 is 5.97 Å². The Morgan fingerprint density at radius 1 is 0.386 bits per heavy atom. The molecule has 1 amide bonds. The highest BCUT2D eigenvalue weighted by Gasteiger charge is 2.20. The van der Waals surface area contributed by atoms with Gasteiger partial charge in [-0.1, -0.05) is 309 Å². The Hall–Kier alpha value is -1.40. The molecule has 0 rings (SSSR count). The van der Waals surface area contributed by atoms with Gasteiger partial charge in [0.15, 0.2) is 0 Å². The zero-order valence-electron chi connectivity index (χ0n) is 47.5. The van der Waals surface area contributed by atoms with Gasteiger partial charge in [-0.15, -0.1) is 0 Å². The predicted molar refractivity (Wildman–Crippen MR) is 306 cm³/mol. The van der Waals surface area contributed by atoms with Crippen LogP contribution in [0.2, 0.25) is 0 Å². The topological polar surface area (TPSA) is 95.9 Å². The Bertz CT molecular complexity index is 1050. The van der Waals surface area contributed by atoms with Crippen molar-refractivity contribution in [2.45, 2.75) is 373 Å². The molecule has 0 aromatic carbocycles. The van der Waals surface area contributed by atoms with Crippen LogP contribution in [0.4, 0.5) is 0 Å². The van der Waals surface area contributed by atoms with Crippen LogP contribution in [0.15, 0.2) is 12.2 Å². The number of ether oxygens (including phenoxy) is 1. The van der Waals surface area contributed by atoms with Crippen molar-refractivity contribution < 1.29 is 24.5 Å². The lowest BCUT2D eigenvalue weighted by molar-refractivity contribution is -0.143. The summed E-state index contributed by atoms with van der Waals surface area (Å²) in [6, 6.07) is -0.537. The number of amides is 1. The maximum absolute atomic E-state index is 12.4. The molecular weight excluding hydrogens is 863 g/mol. The maximum atomic E-state index is 12.4. The first-order valence-electron chi connectivity index (χ1n) is 31.9. The molecule has 2 unspecified atom stereocenters. The van der Waals surface area contributed by atoms with Gasteiger partial charge in [0.2, 0.25) is 5.91 Å². The van der Waals surface area contributed by atoms with Crippen LogP contribution >= 0.6 is 0 Å². The third-order valence-electron chi connectivity index (χ3n) is 15.1. The third-order valence-corrected chi connectivity index (χ3v) is 15.1. The SMILES string of the molecule is CCCCCCCCC/C=C\CCCCCCCC(=O)OCCCCCCCCCCCCCCCCCCCCCCCCCCCCC(=O)NC(CO)C(O)CCCCCCCCCCCCC. The van der Waals surface area contributed by atoms with E-state index in [0.29, 0.717) is 25.9 Å². The van der Waals surface area contributed by atoms with Gasteiger partial charge in [-0.05, 0) is 51.4 Å². The molecule has 0 saturated carbocycles. The van der Waals surface area contributed by atoms with Crippen LogP contribution in [0, 0.1) is 0 Å². The van der Waals surface area contributed by atoms with Crippen molar-refractivity contribution in [2.24, 2.45) is 0 Å². The van der Waals surface area contributed by atoms with Crippen molar-refractivity contribution in [2.75, 3.05) is 13.2 Å². The van der Waals surface area contributed by atoms with Gasteiger partial charge in [-0.3, -0.25) is 9.59 Å². The van der Waals surface area contributed by atoms with Crippen LogP contribution < -0.4 is 5.32 Å². The van der Waals surface area contributed by atoms with Gasteiger partial charge < -0.3 is 20.3 Å². The lowest BCUT2D eigenvalue weighted by Crippen LogP contribution is -2.45. The molecule has 0 heterocycles. The molecule has 0 spiro atoms. The summed E-state index contributed by atoms with van der Waals surface area (Å²) in [5.41, 5.74) is 0. The van der Waals surface area contributed by atoms with E-state index in [4.69, 9.17) is 4.74 Å². The number of hydrogen-bond donors (Lipinski definition) is 3. The number of nitrogens with one attached hydrogen (secondary N) is 1. The van der Waals surface area contributed by atoms with E-state index in [-0.39, 0.29) is 18.5 Å². The molecule has 0 aliphatic heterocycles. The second-order valence-corrected chi connectivity index (χ2v) is 22.1. The van der Waals surface area contributed by atoms with E-state index in [1.54, 1.807) is 0 Å². The summed E-state index contributed by atoms with van der Waals surface area (Å²) in [5.74, 6) is -0.0216. The summed E-state index contributed by atoms with van der Waals surface area (Å²) >= 11 is 0. The molecule has 0 bridgehead atoms. The zero-order chi connectivity index (χ0) is 50.7. The quantitative estimate of drug-likeness (QED) is 0.0321. The number of carbonyl (C=O) groups excluding carboxylic acids is 2. The molecule has 6 nitrogen and oxygen atoms in total. The number of unbranched alkanes of at least 4 members (excludes halogenated alkanes) is 47. The van der Waals surface area contributed by atoms with Crippen molar-refractivity contribution in [1.29, 1.82) is 0 Å². The average Bonchev–Trinajstić information content (AvgIpc) is 3.36. The molecule has 70 heavy (non-hydrogen) atoms. The van der Waals surface area contributed by atoms with Crippen LogP contribution in [0.5, 0.6) is 0 Å². The summed E-state index contributed by atoms with van der Waals surface area (Å²) in [7, 11) is 0. The number of esters is 1. The van der Waals surface area contributed by atoms with E-state index in [9.17, 15) is 19.8 Å². The average molecular weight is 989 g/mol. The standard InChI is InChI=1S/C64H125NO5/c1-3-5-7-9-11-13-15-16-17-31-34-38-42-46-50-54-58-64(69)70-59-55-51-47-43-39-35-32-29-27-25-23-21-19-18-20-22-24-26-28-30-33-37-41-45-49-53-57-63(68)65-61(60-66)62(67)56-52-48-44-40-36-14-12-10-8-6-4-2/h17,31,61-62,66-67H,3-16,18-30,32-60H2,1-2H3,(H,65,68)/b31-17-. The minimum Gasteiger partial charge on any atom is -0.466 e. The van der Waals surface area contributed by atoms with Crippen molar-refractivity contribution in [3.63, 3.8) is 0 Å². The third kappa shape index (κ3) is 55.9. The highest BCUT2D eigenvalue weighted by Crippen LogP contribution is 2.18. The van der Waals surface area contributed by atoms with Gasteiger partial charge in [-0.2, -0.15) is 0 Å². The van der Waals surface area contributed by atoms with E-state index >= 15 is 0 Å². The van der Waals surface area contributed by atoms with Gasteiger partial charge in [0.05, 0.1) is 25.4 Å². The monoisotopic (exact) mass is 988 g/mol. The minimum atomic E-state index is -0.660. The zero-order valence-corrected chi connectivity index (χ0v) is 47.5. The van der Waals surface area contributed by atoms with Crippen LogP contribution in [0.1, 0.15) is 361 Å². The molecule has 0 radical (unpaired) electrons. The summed E-state index contributed by atoms with van der Waals surface area (Å²) < 4.78 is 5.49. The van der Waals surface area contributed by atoms with Crippen LogP contribution in [0.3, 0.4) is 0 Å². The van der Waals surface area contributed by atoms with Gasteiger partial charge in [0, 0.05) is 12.8 Å². The van der Waals surface area contributed by atoms with Crippen molar-refractivity contribution in [3.8, 4) is 0 Å². The molecule has 0 aromatic rings. The smallest absolute Gasteiger partial charge is 0.305 e. The Labute approximate surface area is 438 Å². The Balaban J connectivity index is 3.32. The van der Waals surface area contributed by atoms with E-state index in [1.165, 1.54) is 283 Å². The molecule has 3 N–H and O–H groups in total. The second kappa shape index (κ2) is 60.2. The fraction of sp³-hybridized carbons (Fsp3) is 0.938. The lowest BCUT2D eigenvalue weighted by atomic mass is 10.0. The van der Waals surface area contributed by atoms with E-state index in [1.807, 2.05) is 0 Å². The first-order chi connectivity index (χ1) is 34.5. The normalized spacial score (nSPS) is 12.6. The summed E-state index contributed by atoms with van der Waals surface area (Å²) in [6.07, 6.45) is 72.4. The van der Waals surface area contributed by atoms with Crippen LogP contribution in [-0.4, -0.2) is 47.4 Å². The van der Waals surface area contributed by atoms with Crippen molar-refractivity contribution in [3.05, 3.63) is 12.2 Å². The molecule has 6 heteroatoms. The fourth-order valence-corrected chi connectivity index (χ4v) is 10.2. The van der Waals surface area contributed by atoms with Crippen LogP contribution in [0.25, 0.3) is 0 Å². The Kier molecular flexibility index (Phi) is 59.0. The molecule has 0 aliphatic carbocycles. The van der Waals surface area contributed by atoms with Gasteiger partial charge in [0.25, 0.3) is 0 Å². The van der Waals surface area contributed by atoms with Gasteiger partial charge in [-0.25, -0.2) is 0 Å². The maximum Gasteiger partial charge on any atom is 0.305 e. The molecule has 2 atom stereocenters. The number of allylic oxidation sites excluding steroid dienone is 2. The number of aliphatic hydroxyl groups excluding tert-OH is 2. The summed E-state index contributed by atoms with van der Waals surface area (Å²) in [6.45, 7) is 4.96. The van der Waals surface area contributed by atoms with E-state index in [0.717, 1.165) is 44.9 Å². The molecule has 0 aromatic heterocycles. The molecule has 0 saturated heterocycles. The Morgan fingerprint density at radius 3 is 1.01 bits per heavy atom. The number of carbonyl (C=O) groups is 2. The predicted octanol–water partition coefficient (Wildman–Crippen LogP) is 20.0. The van der Waals surface area contributed by atoms with Gasteiger partial charge in [0.1, 0.15) is 0 Å². The van der Waals surface area contributed by atoms with E-state index < -0.39 is 12.1 Å². The largest absolute Gasteiger partial charge is 0.466 e. The summed E-state index contributed by atoms with van der Waals surface area (Å²) in [5, 5.41) is 23.2. The fourth-order valence-electron chi connectivity index (χ4n) is 10.2.